The molecule has 134 valence electrons. The maximum Gasteiger partial charge on any atom is 0.315 e. The molecule has 2 aromatic carbocycles. The van der Waals surface area contributed by atoms with Gasteiger partial charge in [-0.3, -0.25) is 0 Å². The first-order valence-electron chi connectivity index (χ1n) is 8.48. The molecule has 0 saturated heterocycles. The number of methoxy groups -OCH3 is 1. The number of para-hydroxylation sites is 1. The Morgan fingerprint density at radius 2 is 1.80 bits per heavy atom. The van der Waals surface area contributed by atoms with Gasteiger partial charge in [0.15, 0.2) is 0 Å². The van der Waals surface area contributed by atoms with Crippen molar-refractivity contribution >= 4 is 6.03 Å². The van der Waals surface area contributed by atoms with Crippen LogP contribution in [-0.4, -0.2) is 31.4 Å². The van der Waals surface area contributed by atoms with Crippen LogP contribution in [0.1, 0.15) is 36.4 Å². The highest BCUT2D eigenvalue weighted by atomic mass is 16.5. The number of rotatable bonds is 8. The fourth-order valence-electron chi connectivity index (χ4n) is 2.78. The third-order valence-electron chi connectivity index (χ3n) is 4.16. The van der Waals surface area contributed by atoms with Gasteiger partial charge in [-0.25, -0.2) is 4.79 Å². The zero-order chi connectivity index (χ0) is 18.1. The number of carbonyl (C=O) groups excluding carboxylic acids is 1. The smallest absolute Gasteiger partial charge is 0.315 e. The molecule has 0 aromatic heterocycles. The van der Waals surface area contributed by atoms with E-state index >= 15 is 0 Å². The monoisotopic (exact) mass is 342 g/mol. The van der Waals surface area contributed by atoms with E-state index in [9.17, 15) is 9.90 Å². The van der Waals surface area contributed by atoms with Crippen molar-refractivity contribution in [2.45, 2.75) is 25.3 Å². The van der Waals surface area contributed by atoms with Gasteiger partial charge >= 0.3 is 6.03 Å². The van der Waals surface area contributed by atoms with Gasteiger partial charge in [-0.05, 0) is 23.6 Å². The first-order valence-corrected chi connectivity index (χ1v) is 8.48. The summed E-state index contributed by atoms with van der Waals surface area (Å²) in [4.78, 5) is 12.3. The molecule has 0 saturated carbocycles. The fraction of sp³-hybridized carbons (Fsp3) is 0.350. The lowest BCUT2D eigenvalue weighted by molar-refractivity contribution is 0.228. The molecule has 0 spiro atoms. The van der Waals surface area contributed by atoms with Crippen LogP contribution in [-0.2, 0) is 0 Å². The van der Waals surface area contributed by atoms with Crippen LogP contribution in [0.4, 0.5) is 4.79 Å². The molecular formula is C20H26N2O3. The molecular weight excluding hydrogens is 316 g/mol. The Kier molecular flexibility index (Phi) is 7.29. The highest BCUT2D eigenvalue weighted by Gasteiger charge is 2.16. The van der Waals surface area contributed by atoms with E-state index in [-0.39, 0.29) is 24.6 Å². The number of nitrogens with one attached hydrogen (secondary N) is 2. The van der Waals surface area contributed by atoms with E-state index in [1.165, 1.54) is 0 Å². The number of aliphatic hydroxyl groups excluding tert-OH is 1. The Labute approximate surface area is 149 Å². The summed E-state index contributed by atoms with van der Waals surface area (Å²) in [6.07, 6.45) is 0.472. The largest absolute Gasteiger partial charge is 0.496 e. The second kappa shape index (κ2) is 9.69. The fourth-order valence-corrected chi connectivity index (χ4v) is 2.78. The normalized spacial score (nSPS) is 12.9. The summed E-state index contributed by atoms with van der Waals surface area (Å²) in [5.41, 5.74) is 2.03. The quantitative estimate of drug-likeness (QED) is 0.690. The van der Waals surface area contributed by atoms with Crippen LogP contribution in [0.25, 0.3) is 0 Å². The van der Waals surface area contributed by atoms with Gasteiger partial charge in [-0.2, -0.15) is 0 Å². The third kappa shape index (κ3) is 5.50. The Hall–Kier alpha value is -2.53. The number of ether oxygens (including phenoxy) is 1. The lowest BCUT2D eigenvalue weighted by Crippen LogP contribution is -2.39. The number of hydrogen-bond donors (Lipinski definition) is 3. The average molecular weight is 342 g/mol. The van der Waals surface area contributed by atoms with E-state index in [0.29, 0.717) is 13.0 Å². The van der Waals surface area contributed by atoms with Crippen molar-refractivity contribution in [3.63, 3.8) is 0 Å². The van der Waals surface area contributed by atoms with Crippen LogP contribution in [0.15, 0.2) is 54.6 Å². The molecule has 0 aliphatic carbocycles. The van der Waals surface area contributed by atoms with Gasteiger partial charge in [-0.1, -0.05) is 55.5 Å². The van der Waals surface area contributed by atoms with Crippen molar-refractivity contribution in [3.05, 3.63) is 65.7 Å². The molecule has 5 heteroatoms. The predicted molar refractivity (Wildman–Crippen MR) is 98.8 cm³/mol. The Morgan fingerprint density at radius 3 is 2.48 bits per heavy atom. The lowest BCUT2D eigenvalue weighted by Gasteiger charge is -2.20. The first kappa shape index (κ1) is 18.8. The molecule has 0 aliphatic rings. The van der Waals surface area contributed by atoms with Gasteiger partial charge in [-0.15, -0.1) is 0 Å². The van der Waals surface area contributed by atoms with Gasteiger partial charge < -0.3 is 20.5 Å². The van der Waals surface area contributed by atoms with Crippen molar-refractivity contribution in [2.24, 2.45) is 0 Å². The van der Waals surface area contributed by atoms with Gasteiger partial charge in [0.2, 0.25) is 0 Å². The number of urea groups is 1. The summed E-state index contributed by atoms with van der Waals surface area (Å²) in [5.74, 6) is 0.939. The predicted octanol–water partition coefficient (Wildman–Crippen LogP) is 3.22. The topological polar surface area (TPSA) is 70.6 Å². The molecule has 25 heavy (non-hydrogen) atoms. The molecule has 2 rings (SSSR count). The number of amides is 2. The first-order chi connectivity index (χ1) is 12.2. The summed E-state index contributed by atoms with van der Waals surface area (Å²) >= 11 is 0. The highest BCUT2D eigenvalue weighted by molar-refractivity contribution is 5.74. The zero-order valence-electron chi connectivity index (χ0n) is 14.7. The second-order valence-corrected chi connectivity index (χ2v) is 5.97. The van der Waals surface area contributed by atoms with Crippen LogP contribution in [0.2, 0.25) is 0 Å². The van der Waals surface area contributed by atoms with Gasteiger partial charge in [0.05, 0.1) is 13.2 Å². The molecule has 3 N–H and O–H groups in total. The third-order valence-corrected chi connectivity index (χ3v) is 4.16. The number of hydrogen-bond acceptors (Lipinski definition) is 3. The zero-order valence-corrected chi connectivity index (χ0v) is 14.7. The summed E-state index contributed by atoms with van der Waals surface area (Å²) in [5, 5.41) is 15.1. The van der Waals surface area contributed by atoms with Crippen LogP contribution < -0.4 is 15.4 Å². The molecule has 0 aliphatic heterocycles. The van der Waals surface area contributed by atoms with E-state index < -0.39 is 0 Å². The molecule has 2 atom stereocenters. The van der Waals surface area contributed by atoms with Crippen molar-refractivity contribution in [2.75, 3.05) is 20.3 Å². The average Bonchev–Trinajstić information content (AvgIpc) is 2.66. The van der Waals surface area contributed by atoms with E-state index in [4.69, 9.17) is 4.74 Å². The summed E-state index contributed by atoms with van der Waals surface area (Å²) < 4.78 is 5.37. The standard InChI is InChI=1S/C20H26N2O3/c1-15(17-10-6-7-11-19(17)25-2)14-21-20(24)22-18(12-13-23)16-8-4-3-5-9-16/h3-11,15,18,23H,12-14H2,1-2H3,(H2,21,22,24)/t15?,18-/m1/s1. The van der Waals surface area contributed by atoms with Crippen molar-refractivity contribution in [1.82, 2.24) is 10.6 Å². The summed E-state index contributed by atoms with van der Waals surface area (Å²) in [6.45, 7) is 2.55. The molecule has 0 fully saturated rings. The SMILES string of the molecule is COc1ccccc1C(C)CNC(=O)N[C@H](CCO)c1ccccc1. The number of aliphatic hydroxyl groups is 1. The maximum atomic E-state index is 12.3. The van der Waals surface area contributed by atoms with Crippen LogP contribution >= 0.6 is 0 Å². The highest BCUT2D eigenvalue weighted by Crippen LogP contribution is 2.25. The summed E-state index contributed by atoms with van der Waals surface area (Å²) in [6, 6.07) is 17.0. The molecule has 0 bridgehead atoms. The lowest BCUT2D eigenvalue weighted by atomic mass is 10.00. The van der Waals surface area contributed by atoms with Crippen LogP contribution in [0.3, 0.4) is 0 Å². The van der Waals surface area contributed by atoms with Crippen molar-refractivity contribution < 1.29 is 14.6 Å². The second-order valence-electron chi connectivity index (χ2n) is 5.97. The minimum atomic E-state index is -0.246. The minimum Gasteiger partial charge on any atom is -0.496 e. The van der Waals surface area contributed by atoms with Crippen LogP contribution in [0, 0.1) is 0 Å². The Morgan fingerprint density at radius 1 is 1.12 bits per heavy atom. The molecule has 0 radical (unpaired) electrons. The van der Waals surface area contributed by atoms with E-state index in [2.05, 4.69) is 10.6 Å². The van der Waals surface area contributed by atoms with Gasteiger partial charge in [0, 0.05) is 19.1 Å². The van der Waals surface area contributed by atoms with E-state index in [1.807, 2.05) is 61.5 Å². The van der Waals surface area contributed by atoms with Crippen molar-refractivity contribution in [1.29, 1.82) is 0 Å². The van der Waals surface area contributed by atoms with Gasteiger partial charge in [0.1, 0.15) is 5.75 Å². The molecule has 5 nitrogen and oxygen atoms in total. The summed E-state index contributed by atoms with van der Waals surface area (Å²) in [7, 11) is 1.64. The maximum absolute atomic E-state index is 12.3. The van der Waals surface area contributed by atoms with Crippen molar-refractivity contribution in [3.8, 4) is 5.75 Å². The molecule has 2 amide bonds. The molecule has 0 heterocycles. The van der Waals surface area contributed by atoms with E-state index in [1.54, 1.807) is 7.11 Å². The van der Waals surface area contributed by atoms with Gasteiger partial charge in [0.25, 0.3) is 0 Å². The number of benzene rings is 2. The number of carbonyl (C=O) groups is 1. The molecule has 1 unspecified atom stereocenters. The van der Waals surface area contributed by atoms with E-state index in [0.717, 1.165) is 16.9 Å². The molecule has 2 aromatic rings. The minimum absolute atomic E-state index is 0.0114. The Balaban J connectivity index is 1.92. The van der Waals surface area contributed by atoms with Crippen LogP contribution in [0.5, 0.6) is 5.75 Å². The Bertz CT molecular complexity index is 661.